The van der Waals surface area contributed by atoms with Gasteiger partial charge in [-0.2, -0.15) is 0 Å². The van der Waals surface area contributed by atoms with Gasteiger partial charge in [0, 0.05) is 17.3 Å². The lowest BCUT2D eigenvalue weighted by atomic mass is 10.2. The fourth-order valence-electron chi connectivity index (χ4n) is 2.08. The minimum atomic E-state index is -0.500. The first kappa shape index (κ1) is 18.3. The Morgan fingerprint density at radius 2 is 1.76 bits per heavy atom. The fraction of sp³-hybridized carbons (Fsp3) is 0.200. The zero-order valence-corrected chi connectivity index (χ0v) is 14.2. The monoisotopic (exact) mass is 338 g/mol. The van der Waals surface area contributed by atoms with Crippen LogP contribution in [0.2, 0.25) is 0 Å². The summed E-state index contributed by atoms with van der Waals surface area (Å²) in [5.41, 5.74) is 7.07. The lowest BCUT2D eigenvalue weighted by molar-refractivity contribution is -0.111. The van der Waals surface area contributed by atoms with Gasteiger partial charge in [-0.25, -0.2) is 0 Å². The van der Waals surface area contributed by atoms with Crippen molar-refractivity contribution < 1.29 is 14.3 Å². The summed E-state index contributed by atoms with van der Waals surface area (Å²) in [6, 6.07) is 14.0. The molecule has 5 heteroatoms. The molecule has 0 spiro atoms. The van der Waals surface area contributed by atoms with Gasteiger partial charge in [-0.3, -0.25) is 9.59 Å². The van der Waals surface area contributed by atoms with Crippen molar-refractivity contribution in [3.63, 3.8) is 0 Å². The van der Waals surface area contributed by atoms with Crippen LogP contribution in [0, 0.1) is 0 Å². The molecule has 2 rings (SSSR count). The lowest BCUT2D eigenvalue weighted by Gasteiger charge is -2.05. The Labute approximate surface area is 147 Å². The van der Waals surface area contributed by atoms with Crippen molar-refractivity contribution in [2.75, 3.05) is 11.9 Å². The summed E-state index contributed by atoms with van der Waals surface area (Å²) in [5.74, 6) is 0.0691. The van der Waals surface area contributed by atoms with Gasteiger partial charge in [0.25, 0.3) is 0 Å². The summed E-state index contributed by atoms with van der Waals surface area (Å²) in [6.45, 7) is 2.83. The second-order valence-corrected chi connectivity index (χ2v) is 5.54. The van der Waals surface area contributed by atoms with Gasteiger partial charge in [0.1, 0.15) is 5.75 Å². The third kappa shape index (κ3) is 6.14. The molecule has 0 unspecified atom stereocenters. The van der Waals surface area contributed by atoms with Crippen LogP contribution in [-0.2, 0) is 4.79 Å². The second kappa shape index (κ2) is 9.27. The predicted molar refractivity (Wildman–Crippen MR) is 99.5 cm³/mol. The maximum atomic E-state index is 11.9. The van der Waals surface area contributed by atoms with E-state index in [0.717, 1.165) is 24.2 Å². The van der Waals surface area contributed by atoms with E-state index in [1.54, 1.807) is 30.3 Å². The number of hydrogen-bond donors (Lipinski definition) is 2. The highest BCUT2D eigenvalue weighted by Gasteiger charge is 2.01. The van der Waals surface area contributed by atoms with Gasteiger partial charge in [-0.1, -0.05) is 25.5 Å². The van der Waals surface area contributed by atoms with Crippen molar-refractivity contribution in [2.24, 2.45) is 5.73 Å². The molecule has 0 fully saturated rings. The molecular formula is C20H22N2O3. The summed E-state index contributed by atoms with van der Waals surface area (Å²) in [6.07, 6.45) is 5.31. The third-order valence-corrected chi connectivity index (χ3v) is 3.51. The van der Waals surface area contributed by atoms with E-state index in [4.69, 9.17) is 10.5 Å². The smallest absolute Gasteiger partial charge is 0.248 e. The van der Waals surface area contributed by atoms with Crippen molar-refractivity contribution in [1.29, 1.82) is 0 Å². The Bertz CT molecular complexity index is 735. The number of rotatable bonds is 8. The Kier molecular flexibility index (Phi) is 6.77. The van der Waals surface area contributed by atoms with Gasteiger partial charge in [0.2, 0.25) is 11.8 Å². The number of amides is 2. The first-order valence-corrected chi connectivity index (χ1v) is 8.20. The van der Waals surface area contributed by atoms with E-state index in [1.807, 2.05) is 24.3 Å². The lowest BCUT2D eigenvalue weighted by Crippen LogP contribution is -2.11. The summed E-state index contributed by atoms with van der Waals surface area (Å²) in [7, 11) is 0. The minimum Gasteiger partial charge on any atom is -0.494 e. The molecule has 0 aliphatic carbocycles. The van der Waals surface area contributed by atoms with Crippen molar-refractivity contribution in [3.05, 3.63) is 65.7 Å². The van der Waals surface area contributed by atoms with E-state index in [1.165, 1.54) is 6.08 Å². The number of carbonyl (C=O) groups excluding carboxylic acids is 2. The zero-order chi connectivity index (χ0) is 18.1. The van der Waals surface area contributed by atoms with E-state index >= 15 is 0 Å². The summed E-state index contributed by atoms with van der Waals surface area (Å²) >= 11 is 0. The number of anilines is 1. The van der Waals surface area contributed by atoms with Crippen LogP contribution < -0.4 is 15.8 Å². The van der Waals surface area contributed by atoms with Crippen LogP contribution >= 0.6 is 0 Å². The Balaban J connectivity index is 1.87. The molecule has 0 aliphatic rings. The van der Waals surface area contributed by atoms with Crippen LogP contribution in [0.4, 0.5) is 5.69 Å². The van der Waals surface area contributed by atoms with Gasteiger partial charge in [0.15, 0.2) is 0 Å². The molecule has 0 aromatic heterocycles. The molecule has 130 valence electrons. The summed E-state index contributed by atoms with van der Waals surface area (Å²) in [4.78, 5) is 22.9. The van der Waals surface area contributed by atoms with E-state index in [9.17, 15) is 9.59 Å². The van der Waals surface area contributed by atoms with E-state index in [0.29, 0.717) is 17.9 Å². The molecule has 0 saturated carbocycles. The zero-order valence-electron chi connectivity index (χ0n) is 14.2. The molecule has 2 amide bonds. The number of nitrogens with two attached hydrogens (primary N) is 1. The standard InChI is InChI=1S/C20H22N2O3/c1-2-3-14-25-18-11-4-15(5-12-18)6-13-19(23)22-17-9-7-16(8-10-17)20(21)24/h4-13H,2-3,14H2,1H3,(H2,21,24)(H,22,23)/b13-6+. The number of unbranched alkanes of at least 4 members (excludes halogenated alkanes) is 1. The number of hydrogen-bond acceptors (Lipinski definition) is 3. The van der Waals surface area contributed by atoms with Gasteiger partial charge in [-0.05, 0) is 54.5 Å². The van der Waals surface area contributed by atoms with Gasteiger partial charge in [-0.15, -0.1) is 0 Å². The number of nitrogens with one attached hydrogen (secondary N) is 1. The third-order valence-electron chi connectivity index (χ3n) is 3.51. The first-order chi connectivity index (χ1) is 12.1. The average molecular weight is 338 g/mol. The first-order valence-electron chi connectivity index (χ1n) is 8.20. The Morgan fingerprint density at radius 3 is 2.36 bits per heavy atom. The summed E-state index contributed by atoms with van der Waals surface area (Å²) < 4.78 is 5.60. The Morgan fingerprint density at radius 1 is 1.08 bits per heavy atom. The van der Waals surface area contributed by atoms with Gasteiger partial charge < -0.3 is 15.8 Å². The van der Waals surface area contributed by atoms with Crippen LogP contribution in [0.25, 0.3) is 6.08 Å². The highest BCUT2D eigenvalue weighted by molar-refractivity contribution is 6.02. The number of carbonyl (C=O) groups is 2. The van der Waals surface area contributed by atoms with Crippen molar-refractivity contribution >= 4 is 23.6 Å². The molecule has 0 heterocycles. The van der Waals surface area contributed by atoms with Crippen LogP contribution in [0.5, 0.6) is 5.75 Å². The van der Waals surface area contributed by atoms with E-state index in [2.05, 4.69) is 12.2 Å². The average Bonchev–Trinajstić information content (AvgIpc) is 2.62. The maximum Gasteiger partial charge on any atom is 0.248 e. The second-order valence-electron chi connectivity index (χ2n) is 5.54. The normalized spacial score (nSPS) is 10.6. The molecule has 5 nitrogen and oxygen atoms in total. The fourth-order valence-corrected chi connectivity index (χ4v) is 2.08. The van der Waals surface area contributed by atoms with Crippen LogP contribution in [0.3, 0.4) is 0 Å². The minimum absolute atomic E-state index is 0.255. The number of benzene rings is 2. The highest BCUT2D eigenvalue weighted by Crippen LogP contribution is 2.14. The molecule has 0 saturated heterocycles. The largest absolute Gasteiger partial charge is 0.494 e. The molecule has 0 aliphatic heterocycles. The SMILES string of the molecule is CCCCOc1ccc(/C=C/C(=O)Nc2ccc(C(N)=O)cc2)cc1. The summed E-state index contributed by atoms with van der Waals surface area (Å²) in [5, 5.41) is 2.72. The number of ether oxygens (including phenoxy) is 1. The molecule has 0 atom stereocenters. The molecule has 2 aromatic rings. The molecular weight excluding hydrogens is 316 g/mol. The van der Waals surface area contributed by atoms with Gasteiger partial charge in [0.05, 0.1) is 6.61 Å². The quantitative estimate of drug-likeness (QED) is 0.570. The molecule has 3 N–H and O–H groups in total. The topological polar surface area (TPSA) is 81.4 Å². The Hall–Kier alpha value is -3.08. The predicted octanol–water partition coefficient (Wildman–Crippen LogP) is 3.62. The van der Waals surface area contributed by atoms with E-state index in [-0.39, 0.29) is 5.91 Å². The molecule has 0 radical (unpaired) electrons. The van der Waals surface area contributed by atoms with Crippen molar-refractivity contribution in [2.45, 2.75) is 19.8 Å². The van der Waals surface area contributed by atoms with E-state index < -0.39 is 5.91 Å². The van der Waals surface area contributed by atoms with Crippen molar-refractivity contribution in [3.8, 4) is 5.75 Å². The molecule has 2 aromatic carbocycles. The highest BCUT2D eigenvalue weighted by atomic mass is 16.5. The van der Waals surface area contributed by atoms with Crippen molar-refractivity contribution in [1.82, 2.24) is 0 Å². The van der Waals surface area contributed by atoms with Crippen LogP contribution in [-0.4, -0.2) is 18.4 Å². The molecule has 25 heavy (non-hydrogen) atoms. The molecule has 0 bridgehead atoms. The van der Waals surface area contributed by atoms with Crippen LogP contribution in [0.15, 0.2) is 54.6 Å². The van der Waals surface area contributed by atoms with Gasteiger partial charge >= 0.3 is 0 Å². The maximum absolute atomic E-state index is 11.9. The van der Waals surface area contributed by atoms with Crippen LogP contribution in [0.1, 0.15) is 35.7 Å². The number of primary amides is 1.